The number of rotatable bonds is 3. The molecule has 0 atom stereocenters. The lowest BCUT2D eigenvalue weighted by Crippen LogP contribution is -2.15. The maximum absolute atomic E-state index is 4.56. The van der Waals surface area contributed by atoms with Crippen LogP contribution in [0.2, 0.25) is 0 Å². The Labute approximate surface area is 205 Å². The molecular weight excluding hydrogens is 450 g/mol. The Morgan fingerprint density at radius 2 is 0.694 bits per heavy atom. The fraction of sp³-hybridized carbons (Fsp3) is 0.111. The van der Waals surface area contributed by atoms with Crippen molar-refractivity contribution in [3.05, 3.63) is 89.5 Å². The molecule has 0 saturated heterocycles. The lowest BCUT2D eigenvalue weighted by Gasteiger charge is -2.22. The third-order valence-electron chi connectivity index (χ3n) is 6.82. The molecule has 3 heterocycles. The van der Waals surface area contributed by atoms with Gasteiger partial charge in [-0.1, -0.05) is 52.0 Å². The molecule has 0 amide bonds. The summed E-state index contributed by atoms with van der Waals surface area (Å²) in [4.78, 5) is 0. The molecule has 4 aromatic carbocycles. The van der Waals surface area contributed by atoms with Gasteiger partial charge in [0.2, 0.25) is 0 Å². The Morgan fingerprint density at radius 3 is 1.00 bits per heavy atom. The van der Waals surface area contributed by atoms with E-state index in [2.05, 4.69) is 51.7 Å². The van der Waals surface area contributed by atoms with Gasteiger partial charge in [0.05, 0.1) is 33.6 Å². The van der Waals surface area contributed by atoms with Crippen LogP contribution in [0.15, 0.2) is 72.8 Å². The molecule has 0 bridgehead atoms. The van der Waals surface area contributed by atoms with Crippen molar-refractivity contribution in [2.24, 2.45) is 0 Å². The minimum Gasteiger partial charge on any atom is -0.212 e. The second kappa shape index (κ2) is 7.54. The molecule has 0 unspecified atom stereocenters. The normalized spacial score (nSPS) is 11.8. The molecule has 174 valence electrons. The lowest BCUT2D eigenvalue weighted by molar-refractivity contribution is 0.770. The number of para-hydroxylation sites is 3. The van der Waals surface area contributed by atoms with Gasteiger partial charge in [0.15, 0.2) is 0 Å². The van der Waals surface area contributed by atoms with E-state index in [0.29, 0.717) is 0 Å². The van der Waals surface area contributed by atoms with Gasteiger partial charge in [-0.15, -0.1) is 15.3 Å². The first kappa shape index (κ1) is 20.5. The molecule has 0 saturated carbocycles. The Bertz CT molecular complexity index is 1700. The summed E-state index contributed by atoms with van der Waals surface area (Å²) < 4.78 is 5.72. The second-order valence-corrected chi connectivity index (χ2v) is 8.89. The average molecular weight is 472 g/mol. The van der Waals surface area contributed by atoms with Crippen molar-refractivity contribution >= 4 is 33.1 Å². The van der Waals surface area contributed by atoms with E-state index in [0.717, 1.165) is 66.9 Å². The van der Waals surface area contributed by atoms with Crippen LogP contribution in [0.5, 0.6) is 0 Å². The van der Waals surface area contributed by atoms with Crippen molar-refractivity contribution in [3.8, 4) is 17.1 Å². The Kier molecular flexibility index (Phi) is 4.28. The minimum absolute atomic E-state index is 0.831. The van der Waals surface area contributed by atoms with Gasteiger partial charge >= 0.3 is 0 Å². The first-order chi connectivity index (χ1) is 17.6. The average Bonchev–Trinajstić information content (AvgIpc) is 3.62. The second-order valence-electron chi connectivity index (χ2n) is 8.89. The molecular formula is C27H21N9. The van der Waals surface area contributed by atoms with Crippen LogP contribution in [-0.4, -0.2) is 45.0 Å². The zero-order valence-electron chi connectivity index (χ0n) is 20.0. The number of nitrogens with zero attached hydrogens (tertiary/aromatic N) is 9. The van der Waals surface area contributed by atoms with Gasteiger partial charge < -0.3 is 0 Å². The summed E-state index contributed by atoms with van der Waals surface area (Å²) in [6, 6.07) is 23.9. The molecule has 0 aliphatic rings. The van der Waals surface area contributed by atoms with E-state index in [1.807, 2.05) is 86.8 Å². The zero-order chi connectivity index (χ0) is 24.4. The van der Waals surface area contributed by atoms with E-state index in [1.54, 1.807) is 0 Å². The van der Waals surface area contributed by atoms with Gasteiger partial charge in [-0.05, 0) is 57.2 Å². The summed E-state index contributed by atoms with van der Waals surface area (Å²) in [7, 11) is 0. The number of hydrogen-bond acceptors (Lipinski definition) is 6. The maximum atomic E-state index is 4.56. The highest BCUT2D eigenvalue weighted by Gasteiger charge is 2.25. The van der Waals surface area contributed by atoms with Gasteiger partial charge in [0.25, 0.3) is 0 Å². The molecule has 0 radical (unpaired) electrons. The topological polar surface area (TPSA) is 92.1 Å². The van der Waals surface area contributed by atoms with Gasteiger partial charge in [-0.25, -0.2) is 14.0 Å². The number of hydrogen-bond donors (Lipinski definition) is 0. The van der Waals surface area contributed by atoms with Gasteiger partial charge in [-0.3, -0.25) is 0 Å². The highest BCUT2D eigenvalue weighted by Crippen LogP contribution is 2.37. The van der Waals surface area contributed by atoms with E-state index < -0.39 is 0 Å². The first-order valence-electron chi connectivity index (χ1n) is 11.7. The molecule has 0 aliphatic carbocycles. The van der Waals surface area contributed by atoms with Crippen LogP contribution in [0, 0.1) is 20.8 Å². The Morgan fingerprint density at radius 1 is 0.417 bits per heavy atom. The number of benzene rings is 4. The maximum Gasteiger partial charge on any atom is 0.113 e. The molecule has 0 N–H and O–H groups in total. The molecule has 7 rings (SSSR count). The summed E-state index contributed by atoms with van der Waals surface area (Å²) in [5.41, 5.74) is 11.1. The summed E-state index contributed by atoms with van der Waals surface area (Å²) in [5.74, 6) is 0. The van der Waals surface area contributed by atoms with Crippen LogP contribution in [0.3, 0.4) is 0 Å². The standard InChI is InChI=1S/C27H21N9/c1-16-25(34-22-13-7-4-10-19(22)28-31-34)17(2)27(36-24-15-9-6-12-21(24)30-33-36)18(3)26(16)35-23-14-8-5-11-20(23)29-32-35/h4-15H,1-3H3. The first-order valence-corrected chi connectivity index (χ1v) is 11.7. The third kappa shape index (κ3) is 2.76. The predicted molar refractivity (Wildman–Crippen MR) is 138 cm³/mol. The largest absolute Gasteiger partial charge is 0.212 e. The summed E-state index contributed by atoms with van der Waals surface area (Å²) in [6.07, 6.45) is 0. The smallest absolute Gasteiger partial charge is 0.113 e. The van der Waals surface area contributed by atoms with Crippen LogP contribution in [0.25, 0.3) is 50.2 Å². The Balaban J connectivity index is 1.64. The van der Waals surface area contributed by atoms with Gasteiger partial charge in [0, 0.05) is 16.7 Å². The summed E-state index contributed by atoms with van der Waals surface area (Å²) >= 11 is 0. The number of fused-ring (bicyclic) bond motifs is 3. The van der Waals surface area contributed by atoms with Crippen LogP contribution < -0.4 is 0 Å². The Hall–Kier alpha value is -4.92. The van der Waals surface area contributed by atoms with Crippen LogP contribution in [0.4, 0.5) is 0 Å². The summed E-state index contributed by atoms with van der Waals surface area (Å²) in [6.45, 7) is 6.29. The molecule has 0 spiro atoms. The van der Waals surface area contributed by atoms with Crippen LogP contribution >= 0.6 is 0 Å². The van der Waals surface area contributed by atoms with Crippen molar-refractivity contribution in [3.63, 3.8) is 0 Å². The molecule has 36 heavy (non-hydrogen) atoms. The quantitative estimate of drug-likeness (QED) is 0.367. The van der Waals surface area contributed by atoms with E-state index in [9.17, 15) is 0 Å². The highest BCUT2D eigenvalue weighted by molar-refractivity contribution is 5.83. The van der Waals surface area contributed by atoms with Gasteiger partial charge in [-0.2, -0.15) is 0 Å². The van der Waals surface area contributed by atoms with E-state index in [4.69, 9.17) is 0 Å². The zero-order valence-corrected chi connectivity index (χ0v) is 20.0. The van der Waals surface area contributed by atoms with Crippen molar-refractivity contribution in [2.75, 3.05) is 0 Å². The molecule has 7 aromatic rings. The van der Waals surface area contributed by atoms with E-state index in [-0.39, 0.29) is 0 Å². The predicted octanol–water partition coefficient (Wildman–Crippen LogP) is 4.81. The molecule has 9 heteroatoms. The number of aromatic nitrogens is 9. The fourth-order valence-corrected chi connectivity index (χ4v) is 5.24. The molecule has 9 nitrogen and oxygen atoms in total. The van der Waals surface area contributed by atoms with Crippen molar-refractivity contribution < 1.29 is 0 Å². The van der Waals surface area contributed by atoms with Crippen LogP contribution in [-0.2, 0) is 0 Å². The SMILES string of the molecule is Cc1c(-n2nnc3ccccc32)c(C)c(-n2nnc3ccccc32)c(C)c1-n1nnc2ccccc21. The molecule has 0 aliphatic heterocycles. The van der Waals surface area contributed by atoms with Crippen molar-refractivity contribution in [2.45, 2.75) is 20.8 Å². The van der Waals surface area contributed by atoms with Crippen molar-refractivity contribution in [1.82, 2.24) is 45.0 Å². The van der Waals surface area contributed by atoms with Crippen LogP contribution in [0.1, 0.15) is 16.7 Å². The third-order valence-corrected chi connectivity index (χ3v) is 6.82. The van der Waals surface area contributed by atoms with E-state index >= 15 is 0 Å². The minimum atomic E-state index is 0.831. The monoisotopic (exact) mass is 471 g/mol. The summed E-state index contributed by atoms with van der Waals surface area (Å²) in [5, 5.41) is 27.0. The van der Waals surface area contributed by atoms with Gasteiger partial charge in [0.1, 0.15) is 16.6 Å². The van der Waals surface area contributed by atoms with Crippen molar-refractivity contribution in [1.29, 1.82) is 0 Å². The van der Waals surface area contributed by atoms with E-state index in [1.165, 1.54) is 0 Å². The highest BCUT2D eigenvalue weighted by atomic mass is 15.5. The molecule has 3 aromatic heterocycles. The lowest BCUT2D eigenvalue weighted by atomic mass is 9.98. The fourth-order valence-electron chi connectivity index (χ4n) is 5.24. The molecule has 0 fully saturated rings.